The van der Waals surface area contributed by atoms with Crippen molar-refractivity contribution in [1.29, 1.82) is 0 Å². The molecular weight excluding hydrogens is 500 g/mol. The standard InChI is InChI=1S/C30H28N2O5S/c1-38(35,36)26-14-7-21(8-15-26)19-29(34)32-30(17-4-18-30)23-9-11-24(12-10-23)31-28(33)16-13-25-20-22-5-2-3-6-27(22)37-25/h2-3,5-16,20H,4,17-19H2,1H3,(H,31,33)(H,32,34)/b16-13+. The number of sulfone groups is 1. The van der Waals surface area contributed by atoms with E-state index in [1.165, 1.54) is 18.2 Å². The Morgan fingerprint density at radius 3 is 2.32 bits per heavy atom. The van der Waals surface area contributed by atoms with E-state index in [9.17, 15) is 18.0 Å². The molecule has 8 heteroatoms. The summed E-state index contributed by atoms with van der Waals surface area (Å²) in [4.78, 5) is 25.5. The Hall–Kier alpha value is -4.17. The first-order chi connectivity index (χ1) is 18.2. The summed E-state index contributed by atoms with van der Waals surface area (Å²) < 4.78 is 29.0. The first-order valence-corrected chi connectivity index (χ1v) is 14.3. The van der Waals surface area contributed by atoms with Crippen molar-refractivity contribution < 1.29 is 22.4 Å². The molecule has 1 aliphatic carbocycles. The molecule has 0 aliphatic heterocycles. The van der Waals surface area contributed by atoms with Gasteiger partial charge in [0, 0.05) is 23.4 Å². The summed E-state index contributed by atoms with van der Waals surface area (Å²) in [6, 6.07) is 23.5. The second kappa shape index (κ2) is 10.3. The van der Waals surface area contributed by atoms with Crippen molar-refractivity contribution in [3.8, 4) is 0 Å². The quantitative estimate of drug-likeness (QED) is 0.305. The van der Waals surface area contributed by atoms with Crippen molar-refractivity contribution >= 4 is 44.4 Å². The van der Waals surface area contributed by atoms with Crippen molar-refractivity contribution in [2.45, 2.75) is 36.1 Å². The Morgan fingerprint density at radius 2 is 1.68 bits per heavy atom. The van der Waals surface area contributed by atoms with E-state index < -0.39 is 15.4 Å². The van der Waals surface area contributed by atoms with Gasteiger partial charge in [0.2, 0.25) is 11.8 Å². The molecule has 3 aromatic carbocycles. The smallest absolute Gasteiger partial charge is 0.248 e. The van der Waals surface area contributed by atoms with E-state index in [0.717, 1.165) is 47.6 Å². The van der Waals surface area contributed by atoms with Gasteiger partial charge in [0.15, 0.2) is 9.84 Å². The lowest BCUT2D eigenvalue weighted by Gasteiger charge is -2.43. The molecule has 1 aliphatic rings. The van der Waals surface area contributed by atoms with Crippen LogP contribution in [0.5, 0.6) is 0 Å². The lowest BCUT2D eigenvalue weighted by Crippen LogP contribution is -2.51. The van der Waals surface area contributed by atoms with E-state index in [1.54, 1.807) is 18.2 Å². The number of furan rings is 1. The highest BCUT2D eigenvalue weighted by Crippen LogP contribution is 2.41. The van der Waals surface area contributed by atoms with Crippen LogP contribution in [0.2, 0.25) is 0 Å². The lowest BCUT2D eigenvalue weighted by atomic mass is 9.71. The molecule has 2 N–H and O–H groups in total. The van der Waals surface area contributed by atoms with E-state index in [-0.39, 0.29) is 23.1 Å². The molecule has 0 atom stereocenters. The molecule has 7 nitrogen and oxygen atoms in total. The highest BCUT2D eigenvalue weighted by Gasteiger charge is 2.39. The summed E-state index contributed by atoms with van der Waals surface area (Å²) in [5, 5.41) is 7.01. The van der Waals surface area contributed by atoms with Gasteiger partial charge >= 0.3 is 0 Å². The summed E-state index contributed by atoms with van der Waals surface area (Å²) in [5.74, 6) is 0.211. The largest absolute Gasteiger partial charge is 0.457 e. The predicted octanol–water partition coefficient (Wildman–Crippen LogP) is 5.23. The highest BCUT2D eigenvalue weighted by atomic mass is 32.2. The molecule has 194 valence electrons. The van der Waals surface area contributed by atoms with Crippen LogP contribution in [-0.4, -0.2) is 26.5 Å². The van der Waals surface area contributed by atoms with E-state index >= 15 is 0 Å². The molecule has 1 heterocycles. The minimum absolute atomic E-state index is 0.120. The fourth-order valence-corrected chi connectivity index (χ4v) is 5.30. The summed E-state index contributed by atoms with van der Waals surface area (Å²) in [5.41, 5.74) is 2.72. The van der Waals surface area contributed by atoms with Crippen molar-refractivity contribution in [2.24, 2.45) is 0 Å². The Labute approximate surface area is 221 Å². The third kappa shape index (κ3) is 5.70. The van der Waals surface area contributed by atoms with E-state index in [4.69, 9.17) is 4.42 Å². The van der Waals surface area contributed by atoms with Gasteiger partial charge in [-0.05, 0) is 72.9 Å². The molecule has 0 spiro atoms. The van der Waals surface area contributed by atoms with Gasteiger partial charge in [0.25, 0.3) is 0 Å². The topological polar surface area (TPSA) is 105 Å². The maximum absolute atomic E-state index is 12.8. The Bertz CT molecular complexity index is 1580. The summed E-state index contributed by atoms with van der Waals surface area (Å²) >= 11 is 0. The van der Waals surface area contributed by atoms with Gasteiger partial charge in [0.1, 0.15) is 11.3 Å². The minimum Gasteiger partial charge on any atom is -0.457 e. The third-order valence-electron chi connectivity index (χ3n) is 6.85. The van der Waals surface area contributed by atoms with Gasteiger partial charge in [0.05, 0.1) is 16.9 Å². The normalized spacial score (nSPS) is 14.8. The predicted molar refractivity (Wildman–Crippen MR) is 147 cm³/mol. The summed E-state index contributed by atoms with van der Waals surface area (Å²) in [6.07, 6.45) is 7.06. The molecule has 38 heavy (non-hydrogen) atoms. The number of carbonyl (C=O) groups is 2. The van der Waals surface area contributed by atoms with Crippen LogP contribution in [0.4, 0.5) is 5.69 Å². The molecule has 0 bridgehead atoms. The minimum atomic E-state index is -3.28. The molecule has 5 rings (SSSR count). The number of amides is 2. The van der Waals surface area contributed by atoms with Gasteiger partial charge in [-0.3, -0.25) is 9.59 Å². The summed E-state index contributed by atoms with van der Waals surface area (Å²) in [7, 11) is -3.28. The van der Waals surface area contributed by atoms with Crippen LogP contribution in [0.15, 0.2) is 94.3 Å². The number of nitrogens with one attached hydrogen (secondary N) is 2. The van der Waals surface area contributed by atoms with Gasteiger partial charge in [-0.1, -0.05) is 42.5 Å². The van der Waals surface area contributed by atoms with Crippen LogP contribution in [0.3, 0.4) is 0 Å². The number of hydrogen-bond donors (Lipinski definition) is 2. The molecule has 0 radical (unpaired) electrons. The van der Waals surface area contributed by atoms with Crippen molar-refractivity contribution in [3.63, 3.8) is 0 Å². The van der Waals surface area contributed by atoms with Crippen molar-refractivity contribution in [2.75, 3.05) is 11.6 Å². The average Bonchev–Trinajstić information content (AvgIpc) is 3.29. The SMILES string of the molecule is CS(=O)(=O)c1ccc(CC(=O)NC2(c3ccc(NC(=O)/C=C/c4cc5ccccc5o4)cc3)CCC2)cc1. The monoisotopic (exact) mass is 528 g/mol. The molecule has 0 saturated heterocycles. The summed E-state index contributed by atoms with van der Waals surface area (Å²) in [6.45, 7) is 0. The zero-order chi connectivity index (χ0) is 26.8. The van der Waals surface area contributed by atoms with Crippen LogP contribution >= 0.6 is 0 Å². The van der Waals surface area contributed by atoms with Gasteiger partial charge in [-0.15, -0.1) is 0 Å². The molecule has 0 unspecified atom stereocenters. The number of carbonyl (C=O) groups excluding carboxylic acids is 2. The fraction of sp³-hybridized carbons (Fsp3) is 0.200. The maximum atomic E-state index is 12.8. The molecule has 4 aromatic rings. The zero-order valence-electron chi connectivity index (χ0n) is 20.9. The lowest BCUT2D eigenvalue weighted by molar-refractivity contribution is -0.123. The molecule has 1 fully saturated rings. The number of rotatable bonds is 8. The van der Waals surface area contributed by atoms with Gasteiger partial charge < -0.3 is 15.1 Å². The van der Waals surface area contributed by atoms with E-state index in [1.807, 2.05) is 54.6 Å². The molecule has 1 aromatic heterocycles. The first kappa shape index (κ1) is 25.5. The van der Waals surface area contributed by atoms with E-state index in [2.05, 4.69) is 10.6 Å². The number of para-hydroxylation sites is 1. The maximum Gasteiger partial charge on any atom is 0.248 e. The second-order valence-electron chi connectivity index (χ2n) is 9.66. The Morgan fingerprint density at radius 1 is 0.974 bits per heavy atom. The Balaban J connectivity index is 1.19. The van der Waals surface area contributed by atoms with Crippen molar-refractivity contribution in [3.05, 3.63) is 102 Å². The van der Waals surface area contributed by atoms with Crippen LogP contribution in [0, 0.1) is 0 Å². The van der Waals surface area contributed by atoms with Gasteiger partial charge in [-0.25, -0.2) is 8.42 Å². The Kier molecular flexibility index (Phi) is 6.91. The number of anilines is 1. The van der Waals surface area contributed by atoms with Crippen LogP contribution < -0.4 is 10.6 Å². The molecule has 1 saturated carbocycles. The zero-order valence-corrected chi connectivity index (χ0v) is 21.8. The fourth-order valence-electron chi connectivity index (χ4n) is 4.67. The third-order valence-corrected chi connectivity index (χ3v) is 7.98. The highest BCUT2D eigenvalue weighted by molar-refractivity contribution is 7.90. The van der Waals surface area contributed by atoms with Crippen LogP contribution in [0.25, 0.3) is 17.0 Å². The van der Waals surface area contributed by atoms with Gasteiger partial charge in [-0.2, -0.15) is 0 Å². The van der Waals surface area contributed by atoms with E-state index in [0.29, 0.717) is 11.4 Å². The van der Waals surface area contributed by atoms with Crippen LogP contribution in [-0.2, 0) is 31.4 Å². The average molecular weight is 529 g/mol. The van der Waals surface area contributed by atoms with Crippen molar-refractivity contribution in [1.82, 2.24) is 5.32 Å². The number of fused-ring (bicyclic) bond motifs is 1. The first-order valence-electron chi connectivity index (χ1n) is 12.4. The second-order valence-corrected chi connectivity index (χ2v) is 11.7. The molecular formula is C30H28N2O5S. The molecule has 2 amide bonds. The van der Waals surface area contributed by atoms with Crippen LogP contribution in [0.1, 0.15) is 36.1 Å². The number of benzene rings is 3. The number of hydrogen-bond acceptors (Lipinski definition) is 5.